The van der Waals surface area contributed by atoms with Crippen LogP contribution in [0.1, 0.15) is 12.6 Å². The molecule has 2 heterocycles. The number of nitrogens with two attached hydrogens (primary N) is 1. The summed E-state index contributed by atoms with van der Waals surface area (Å²) < 4.78 is 24.3. The van der Waals surface area contributed by atoms with E-state index in [1.807, 2.05) is 0 Å². The number of hydrogen-bond donors (Lipinski definition) is 2. The molecule has 1 aromatic carbocycles. The molecule has 0 aliphatic heterocycles. The number of amides is 2. The Bertz CT molecular complexity index is 1120. The summed E-state index contributed by atoms with van der Waals surface area (Å²) in [5, 5.41) is 13.7. The molecule has 0 spiro atoms. The maximum Gasteiger partial charge on any atom is 0.446 e. The monoisotopic (exact) mass is 468 g/mol. The average molecular weight is 469 g/mol. The molecule has 0 saturated carbocycles. The molecule has 152 valence electrons. The second kappa shape index (κ2) is 8.34. The van der Waals surface area contributed by atoms with Gasteiger partial charge < -0.3 is 11.1 Å². The predicted octanol–water partition coefficient (Wildman–Crippen LogP) is 0.557. The molecule has 0 fully saturated rings. The molecule has 1 unspecified atom stereocenters. The van der Waals surface area contributed by atoms with Gasteiger partial charge in [-0.25, -0.2) is 18.4 Å². The molecule has 2 amide bonds. The summed E-state index contributed by atoms with van der Waals surface area (Å²) in [6.45, 7) is 1.93. The first-order valence-corrected chi connectivity index (χ1v) is 9.00. The van der Waals surface area contributed by atoms with Gasteiger partial charge >= 0.3 is 17.6 Å². The smallest absolute Gasteiger partial charge is 0.361 e. The topological polar surface area (TPSA) is 159 Å². The molecular formula is C16H14BrFN6O5. The Kier molecular flexibility index (Phi) is 5.87. The van der Waals surface area contributed by atoms with Gasteiger partial charge in [0.25, 0.3) is 0 Å². The third-order valence-electron chi connectivity index (χ3n) is 3.91. The summed E-state index contributed by atoms with van der Waals surface area (Å²) in [5.41, 5.74) is 5.66. The second-order valence-corrected chi connectivity index (χ2v) is 7.00. The van der Waals surface area contributed by atoms with E-state index in [1.165, 1.54) is 18.2 Å². The number of aromatic nitrogens is 4. The van der Waals surface area contributed by atoms with Crippen LogP contribution in [0.15, 0.2) is 36.6 Å². The molecule has 3 N–H and O–H groups in total. The molecule has 0 aliphatic carbocycles. The fourth-order valence-electron chi connectivity index (χ4n) is 2.52. The standard InChI is InChI=1S/C16H14BrFN6O5/c1-7(6-20-15(26)13(19)25)4-11-12(22-29-21-11)14-23-28-16(27)24(14)8-2-3-10(18)9(17)5-8/h2-3,5,7H,4,6H2,1H3,(H2,19,25)(H,20,26). The number of halogens is 2. The van der Waals surface area contributed by atoms with E-state index >= 15 is 0 Å². The molecule has 1 atom stereocenters. The van der Waals surface area contributed by atoms with Crippen LogP contribution in [-0.4, -0.2) is 38.4 Å². The minimum atomic E-state index is -1.09. The third-order valence-corrected chi connectivity index (χ3v) is 4.52. The maximum absolute atomic E-state index is 13.5. The van der Waals surface area contributed by atoms with Crippen molar-refractivity contribution in [2.75, 3.05) is 6.54 Å². The fraction of sp³-hybridized carbons (Fsp3) is 0.250. The van der Waals surface area contributed by atoms with E-state index < -0.39 is 23.4 Å². The number of benzene rings is 1. The molecule has 3 rings (SSSR count). The van der Waals surface area contributed by atoms with Crippen LogP contribution in [0.2, 0.25) is 0 Å². The second-order valence-electron chi connectivity index (χ2n) is 6.15. The van der Waals surface area contributed by atoms with Crippen molar-refractivity contribution in [2.45, 2.75) is 13.3 Å². The first kappa shape index (κ1) is 20.4. The third kappa shape index (κ3) is 4.39. The Morgan fingerprint density at radius 2 is 2.10 bits per heavy atom. The summed E-state index contributed by atoms with van der Waals surface area (Å²) in [6, 6.07) is 3.93. The molecule has 3 aromatic rings. The van der Waals surface area contributed by atoms with Crippen molar-refractivity contribution < 1.29 is 23.1 Å². The van der Waals surface area contributed by atoms with Gasteiger partial charge in [-0.2, -0.15) is 0 Å². The highest BCUT2D eigenvalue weighted by Crippen LogP contribution is 2.25. The summed E-state index contributed by atoms with van der Waals surface area (Å²) in [4.78, 5) is 34.2. The van der Waals surface area contributed by atoms with Crippen LogP contribution in [0.25, 0.3) is 17.2 Å². The minimum Gasteiger partial charge on any atom is -0.361 e. The molecule has 0 radical (unpaired) electrons. The van der Waals surface area contributed by atoms with Gasteiger partial charge in [0.1, 0.15) is 11.5 Å². The lowest BCUT2D eigenvalue weighted by molar-refractivity contribution is -0.137. The molecule has 0 bridgehead atoms. The van der Waals surface area contributed by atoms with Crippen LogP contribution in [-0.2, 0) is 16.0 Å². The number of nitrogens with one attached hydrogen (secondary N) is 1. The van der Waals surface area contributed by atoms with Crippen molar-refractivity contribution in [1.82, 2.24) is 25.4 Å². The lowest BCUT2D eigenvalue weighted by Gasteiger charge is -2.10. The molecule has 11 nitrogen and oxygen atoms in total. The Hall–Kier alpha value is -3.35. The van der Waals surface area contributed by atoms with Crippen molar-refractivity contribution in [3.05, 3.63) is 44.7 Å². The normalized spacial score (nSPS) is 12.0. The van der Waals surface area contributed by atoms with E-state index in [1.54, 1.807) is 6.92 Å². The quantitative estimate of drug-likeness (QED) is 0.496. The molecular weight excluding hydrogens is 455 g/mol. The molecule has 29 heavy (non-hydrogen) atoms. The zero-order valence-corrected chi connectivity index (χ0v) is 16.5. The van der Waals surface area contributed by atoms with E-state index in [0.717, 1.165) is 4.57 Å². The fourth-order valence-corrected chi connectivity index (χ4v) is 2.88. The van der Waals surface area contributed by atoms with Crippen molar-refractivity contribution >= 4 is 27.7 Å². The predicted molar refractivity (Wildman–Crippen MR) is 98.1 cm³/mol. The highest BCUT2D eigenvalue weighted by molar-refractivity contribution is 9.10. The first-order valence-electron chi connectivity index (χ1n) is 8.21. The number of rotatable bonds is 6. The Labute approximate surface area is 170 Å². The number of carbonyl (C=O) groups is 2. The minimum absolute atomic E-state index is 0.0122. The van der Waals surface area contributed by atoms with Gasteiger partial charge in [0, 0.05) is 6.54 Å². The van der Waals surface area contributed by atoms with Crippen LogP contribution in [0, 0.1) is 11.7 Å². The van der Waals surface area contributed by atoms with Crippen LogP contribution in [0.5, 0.6) is 0 Å². The molecule has 13 heteroatoms. The van der Waals surface area contributed by atoms with Crippen molar-refractivity contribution in [3.63, 3.8) is 0 Å². The lowest BCUT2D eigenvalue weighted by Crippen LogP contribution is -2.38. The van der Waals surface area contributed by atoms with Crippen LogP contribution >= 0.6 is 15.9 Å². The first-order chi connectivity index (χ1) is 13.8. The highest BCUT2D eigenvalue weighted by Gasteiger charge is 2.24. The molecule has 2 aromatic heterocycles. The van der Waals surface area contributed by atoms with Crippen LogP contribution in [0.3, 0.4) is 0 Å². The maximum atomic E-state index is 13.5. The van der Waals surface area contributed by atoms with Crippen molar-refractivity contribution in [2.24, 2.45) is 11.7 Å². The number of nitrogens with zero attached hydrogens (tertiary/aromatic N) is 4. The number of primary amides is 1. The van der Waals surface area contributed by atoms with Gasteiger partial charge in [0.2, 0.25) is 5.82 Å². The van der Waals surface area contributed by atoms with Crippen LogP contribution in [0.4, 0.5) is 4.39 Å². The zero-order valence-electron chi connectivity index (χ0n) is 14.9. The van der Waals surface area contributed by atoms with E-state index in [4.69, 9.17) is 14.9 Å². The Morgan fingerprint density at radius 1 is 1.34 bits per heavy atom. The average Bonchev–Trinajstić information content (AvgIpc) is 3.28. The number of hydrogen-bond acceptors (Lipinski definition) is 8. The number of carbonyl (C=O) groups excluding carboxylic acids is 2. The van der Waals surface area contributed by atoms with Crippen LogP contribution < -0.4 is 16.8 Å². The summed E-state index contributed by atoms with van der Waals surface area (Å²) in [6.07, 6.45) is 0.270. The van der Waals surface area contributed by atoms with Gasteiger partial charge in [-0.1, -0.05) is 17.2 Å². The summed E-state index contributed by atoms with van der Waals surface area (Å²) in [5.74, 6) is -3.47. The molecule has 0 aliphatic rings. The van der Waals surface area contributed by atoms with Gasteiger partial charge in [-0.3, -0.25) is 14.1 Å². The van der Waals surface area contributed by atoms with Crippen molar-refractivity contribution in [3.8, 4) is 17.2 Å². The largest absolute Gasteiger partial charge is 0.446 e. The summed E-state index contributed by atoms with van der Waals surface area (Å²) >= 11 is 3.06. The van der Waals surface area contributed by atoms with Gasteiger partial charge in [-0.15, -0.1) is 0 Å². The highest BCUT2D eigenvalue weighted by atomic mass is 79.9. The zero-order chi connectivity index (χ0) is 21.1. The van der Waals surface area contributed by atoms with Gasteiger partial charge in [-0.05, 0) is 51.6 Å². The van der Waals surface area contributed by atoms with E-state index in [2.05, 4.69) is 36.7 Å². The summed E-state index contributed by atoms with van der Waals surface area (Å²) in [7, 11) is 0. The lowest BCUT2D eigenvalue weighted by atomic mass is 10.0. The van der Waals surface area contributed by atoms with Crippen molar-refractivity contribution in [1.29, 1.82) is 0 Å². The molecule has 0 saturated heterocycles. The van der Waals surface area contributed by atoms with E-state index in [-0.39, 0.29) is 40.6 Å². The Balaban J connectivity index is 1.88. The van der Waals surface area contributed by atoms with Gasteiger partial charge in [0.15, 0.2) is 5.69 Å². The van der Waals surface area contributed by atoms with Gasteiger partial charge in [0.05, 0.1) is 10.2 Å². The Morgan fingerprint density at radius 3 is 2.79 bits per heavy atom. The van der Waals surface area contributed by atoms with E-state index in [0.29, 0.717) is 5.69 Å². The SMILES string of the molecule is CC(CNC(=O)C(N)=O)Cc1nonc1-c1noc(=O)n1-c1ccc(F)c(Br)c1. The van der Waals surface area contributed by atoms with E-state index in [9.17, 15) is 18.8 Å².